The molecule has 1 aliphatic rings. The zero-order valence-electron chi connectivity index (χ0n) is 11.2. The second-order valence-corrected chi connectivity index (χ2v) is 7.41. The van der Waals surface area contributed by atoms with Gasteiger partial charge in [-0.25, -0.2) is 22.5 Å². The number of carbonyl (C=O) groups is 1. The number of anilines is 1. The third-order valence-corrected chi connectivity index (χ3v) is 5.26. The van der Waals surface area contributed by atoms with Crippen LogP contribution in [-0.2, 0) is 10.0 Å². The molecule has 0 radical (unpaired) electrons. The van der Waals surface area contributed by atoms with E-state index in [2.05, 4.69) is 15.0 Å². The van der Waals surface area contributed by atoms with E-state index >= 15 is 0 Å². The van der Waals surface area contributed by atoms with Crippen molar-refractivity contribution >= 4 is 32.4 Å². The van der Waals surface area contributed by atoms with Crippen LogP contribution in [0.5, 0.6) is 0 Å². The number of halogens is 1. The van der Waals surface area contributed by atoms with E-state index in [-0.39, 0.29) is 11.6 Å². The summed E-state index contributed by atoms with van der Waals surface area (Å²) in [6.07, 6.45) is 3.01. The van der Waals surface area contributed by atoms with Crippen molar-refractivity contribution in [2.45, 2.75) is 23.8 Å². The maximum absolute atomic E-state index is 13.8. The van der Waals surface area contributed by atoms with E-state index in [4.69, 9.17) is 0 Å². The highest BCUT2D eigenvalue weighted by Crippen LogP contribution is 2.24. The average Bonchev–Trinajstić information content (AvgIpc) is 3.11. The van der Waals surface area contributed by atoms with Gasteiger partial charge in [0.1, 0.15) is 10.7 Å². The van der Waals surface area contributed by atoms with Gasteiger partial charge in [-0.3, -0.25) is 10.1 Å². The number of sulfonamides is 1. The summed E-state index contributed by atoms with van der Waals surface area (Å²) >= 11 is 1.23. The Morgan fingerprint density at radius 2 is 2.14 bits per heavy atom. The number of hydrogen-bond donors (Lipinski definition) is 2. The fourth-order valence-corrected chi connectivity index (χ4v) is 3.72. The molecule has 116 valence electrons. The van der Waals surface area contributed by atoms with Gasteiger partial charge in [0.2, 0.25) is 10.0 Å². The summed E-state index contributed by atoms with van der Waals surface area (Å²) in [5.74, 6) is -1.43. The van der Waals surface area contributed by atoms with Crippen LogP contribution >= 0.6 is 11.3 Å². The van der Waals surface area contributed by atoms with Gasteiger partial charge < -0.3 is 0 Å². The molecule has 1 saturated carbocycles. The van der Waals surface area contributed by atoms with Gasteiger partial charge in [-0.1, -0.05) is 0 Å². The standard InChI is InChI=1S/C13H12FN3O3S2/c14-10-4-1-8(12(18)16-13-15-5-6-21-13)7-11(10)22(19,20)17-9-2-3-9/h1,4-7,9,17H,2-3H2,(H,15,16,18). The summed E-state index contributed by atoms with van der Waals surface area (Å²) in [5.41, 5.74) is 0.0489. The first kappa shape index (κ1) is 15.1. The Morgan fingerprint density at radius 3 is 2.77 bits per heavy atom. The van der Waals surface area contributed by atoms with E-state index < -0.39 is 26.6 Å². The molecule has 22 heavy (non-hydrogen) atoms. The highest BCUT2D eigenvalue weighted by Gasteiger charge is 2.30. The first-order chi connectivity index (χ1) is 10.5. The molecule has 1 aromatic heterocycles. The zero-order chi connectivity index (χ0) is 15.7. The molecule has 0 atom stereocenters. The maximum Gasteiger partial charge on any atom is 0.257 e. The minimum Gasteiger partial charge on any atom is -0.298 e. The van der Waals surface area contributed by atoms with Crippen molar-refractivity contribution in [3.05, 3.63) is 41.2 Å². The molecular formula is C13H12FN3O3S2. The van der Waals surface area contributed by atoms with Gasteiger partial charge in [0.25, 0.3) is 5.91 Å². The van der Waals surface area contributed by atoms with E-state index in [1.54, 1.807) is 5.38 Å². The van der Waals surface area contributed by atoms with Crippen molar-refractivity contribution in [2.75, 3.05) is 5.32 Å². The lowest BCUT2D eigenvalue weighted by Gasteiger charge is -2.08. The van der Waals surface area contributed by atoms with Crippen LogP contribution in [0.3, 0.4) is 0 Å². The first-order valence-electron chi connectivity index (χ1n) is 6.48. The van der Waals surface area contributed by atoms with Crippen LogP contribution in [-0.4, -0.2) is 25.4 Å². The van der Waals surface area contributed by atoms with Crippen LogP contribution in [0.15, 0.2) is 34.7 Å². The van der Waals surface area contributed by atoms with Crippen LogP contribution in [0, 0.1) is 5.82 Å². The Kier molecular flexibility index (Phi) is 3.94. The second-order valence-electron chi connectivity index (χ2n) is 4.83. The molecular weight excluding hydrogens is 329 g/mol. The molecule has 3 rings (SSSR count). The lowest BCUT2D eigenvalue weighted by Crippen LogP contribution is -2.27. The Labute approximate surface area is 130 Å². The number of nitrogens with one attached hydrogen (secondary N) is 2. The molecule has 1 aliphatic carbocycles. The van der Waals surface area contributed by atoms with Crippen molar-refractivity contribution in [3.8, 4) is 0 Å². The molecule has 1 fully saturated rings. The Hall–Kier alpha value is -1.84. The van der Waals surface area contributed by atoms with Gasteiger partial charge in [-0.05, 0) is 31.0 Å². The molecule has 2 N–H and O–H groups in total. The van der Waals surface area contributed by atoms with Crippen molar-refractivity contribution in [1.29, 1.82) is 0 Å². The minimum absolute atomic E-state index is 0.0489. The van der Waals surface area contributed by atoms with Gasteiger partial charge >= 0.3 is 0 Å². The molecule has 6 nitrogen and oxygen atoms in total. The lowest BCUT2D eigenvalue weighted by atomic mass is 10.2. The Morgan fingerprint density at radius 1 is 1.36 bits per heavy atom. The highest BCUT2D eigenvalue weighted by atomic mass is 32.2. The third kappa shape index (κ3) is 3.32. The molecule has 2 aromatic rings. The predicted molar refractivity (Wildman–Crippen MR) is 79.8 cm³/mol. The lowest BCUT2D eigenvalue weighted by molar-refractivity contribution is 0.102. The van der Waals surface area contributed by atoms with E-state index in [9.17, 15) is 17.6 Å². The topological polar surface area (TPSA) is 88.2 Å². The van der Waals surface area contributed by atoms with Crippen molar-refractivity contribution < 1.29 is 17.6 Å². The number of hydrogen-bond acceptors (Lipinski definition) is 5. The van der Waals surface area contributed by atoms with E-state index in [0.29, 0.717) is 5.13 Å². The number of aromatic nitrogens is 1. The molecule has 1 aromatic carbocycles. The van der Waals surface area contributed by atoms with Crippen LogP contribution in [0.1, 0.15) is 23.2 Å². The van der Waals surface area contributed by atoms with Gasteiger partial charge in [0.05, 0.1) is 0 Å². The molecule has 9 heteroatoms. The van der Waals surface area contributed by atoms with Crippen LogP contribution in [0.2, 0.25) is 0 Å². The number of benzene rings is 1. The number of nitrogens with zero attached hydrogens (tertiary/aromatic N) is 1. The van der Waals surface area contributed by atoms with Crippen molar-refractivity contribution in [1.82, 2.24) is 9.71 Å². The maximum atomic E-state index is 13.8. The normalized spacial score (nSPS) is 14.8. The Bertz CT molecular complexity index is 802. The number of amides is 1. The molecule has 0 spiro atoms. The van der Waals surface area contributed by atoms with Gasteiger partial charge in [0, 0.05) is 23.2 Å². The summed E-state index contributed by atoms with van der Waals surface area (Å²) in [7, 11) is -3.96. The Balaban J connectivity index is 1.87. The van der Waals surface area contributed by atoms with Gasteiger partial charge in [-0.15, -0.1) is 11.3 Å². The number of carbonyl (C=O) groups excluding carboxylic acids is 1. The fourth-order valence-electron chi connectivity index (χ4n) is 1.79. The summed E-state index contributed by atoms with van der Waals surface area (Å²) in [4.78, 5) is 15.4. The SMILES string of the molecule is O=C(Nc1nccs1)c1ccc(F)c(S(=O)(=O)NC2CC2)c1. The smallest absolute Gasteiger partial charge is 0.257 e. The predicted octanol–water partition coefficient (Wildman–Crippen LogP) is 1.98. The molecule has 0 bridgehead atoms. The summed E-state index contributed by atoms with van der Waals surface area (Å²) < 4.78 is 40.4. The monoisotopic (exact) mass is 341 g/mol. The number of rotatable bonds is 5. The second kappa shape index (κ2) is 5.75. The fraction of sp³-hybridized carbons (Fsp3) is 0.231. The number of thiazole rings is 1. The summed E-state index contributed by atoms with van der Waals surface area (Å²) in [5, 5.41) is 4.59. The summed E-state index contributed by atoms with van der Waals surface area (Å²) in [6.45, 7) is 0. The third-order valence-electron chi connectivity index (χ3n) is 3.03. The average molecular weight is 341 g/mol. The van der Waals surface area contributed by atoms with Crippen LogP contribution in [0.4, 0.5) is 9.52 Å². The largest absolute Gasteiger partial charge is 0.298 e. The minimum atomic E-state index is -3.96. The molecule has 1 amide bonds. The molecule has 0 aliphatic heterocycles. The van der Waals surface area contributed by atoms with E-state index in [1.807, 2.05) is 0 Å². The first-order valence-corrected chi connectivity index (χ1v) is 8.85. The van der Waals surface area contributed by atoms with Crippen molar-refractivity contribution in [2.24, 2.45) is 0 Å². The van der Waals surface area contributed by atoms with Gasteiger partial charge in [-0.2, -0.15) is 0 Å². The van der Waals surface area contributed by atoms with E-state index in [0.717, 1.165) is 25.0 Å². The highest BCUT2D eigenvalue weighted by molar-refractivity contribution is 7.89. The van der Waals surface area contributed by atoms with Crippen LogP contribution in [0.25, 0.3) is 0 Å². The molecule has 0 unspecified atom stereocenters. The van der Waals surface area contributed by atoms with E-state index in [1.165, 1.54) is 23.6 Å². The van der Waals surface area contributed by atoms with Crippen molar-refractivity contribution in [3.63, 3.8) is 0 Å². The molecule has 0 saturated heterocycles. The van der Waals surface area contributed by atoms with Gasteiger partial charge in [0.15, 0.2) is 5.13 Å². The zero-order valence-corrected chi connectivity index (χ0v) is 12.9. The molecule has 1 heterocycles. The van der Waals surface area contributed by atoms with Crippen LogP contribution < -0.4 is 10.0 Å². The summed E-state index contributed by atoms with van der Waals surface area (Å²) in [6, 6.07) is 3.09. The quantitative estimate of drug-likeness (QED) is 0.870.